The maximum atomic E-state index is 12.6. The molecule has 4 heteroatoms. The number of ether oxygens (including phenoxy) is 1. The van der Waals surface area contributed by atoms with E-state index in [1.165, 1.54) is 0 Å². The lowest BCUT2D eigenvalue weighted by Crippen LogP contribution is -2.41. The molecule has 1 N–H and O–H groups in total. The Kier molecular flexibility index (Phi) is 4.33. The third kappa shape index (κ3) is 3.12. The average Bonchev–Trinajstić information content (AvgIpc) is 2.84. The summed E-state index contributed by atoms with van der Waals surface area (Å²) in [4.78, 5) is 14.4. The fourth-order valence-electron chi connectivity index (χ4n) is 2.76. The smallest absolute Gasteiger partial charge is 0.228 e. The number of β-amino-alcohol motifs (C(OH)–C–C–N with tert-alkyl or cyclic N) is 1. The third-order valence-electron chi connectivity index (χ3n) is 3.85. The first-order chi connectivity index (χ1) is 9.44. The van der Waals surface area contributed by atoms with Gasteiger partial charge in [-0.15, -0.1) is 0 Å². The van der Waals surface area contributed by atoms with Crippen molar-refractivity contribution in [2.75, 3.05) is 20.2 Å². The Morgan fingerprint density at radius 1 is 1.45 bits per heavy atom. The highest BCUT2D eigenvalue weighted by Crippen LogP contribution is 2.30. The molecule has 0 radical (unpaired) electrons. The second-order valence-corrected chi connectivity index (χ2v) is 6.07. The van der Waals surface area contributed by atoms with Crippen LogP contribution in [0.3, 0.4) is 0 Å². The second-order valence-electron chi connectivity index (χ2n) is 6.07. The van der Waals surface area contributed by atoms with Crippen molar-refractivity contribution in [3.8, 4) is 5.75 Å². The van der Waals surface area contributed by atoms with E-state index in [-0.39, 0.29) is 12.0 Å². The van der Waals surface area contributed by atoms with Crippen molar-refractivity contribution in [2.24, 2.45) is 5.41 Å². The van der Waals surface area contributed by atoms with Crippen LogP contribution >= 0.6 is 0 Å². The van der Waals surface area contributed by atoms with Crippen molar-refractivity contribution in [1.82, 2.24) is 4.90 Å². The molecule has 1 aromatic carbocycles. The van der Waals surface area contributed by atoms with Crippen LogP contribution < -0.4 is 4.74 Å². The number of likely N-dealkylation sites (tertiary alicyclic amines) is 1. The van der Waals surface area contributed by atoms with Crippen molar-refractivity contribution in [3.05, 3.63) is 29.8 Å². The van der Waals surface area contributed by atoms with Crippen LogP contribution in [0.5, 0.6) is 5.75 Å². The Bertz CT molecular complexity index is 484. The normalized spacial score (nSPS) is 19.2. The minimum absolute atomic E-state index is 0.0972. The van der Waals surface area contributed by atoms with Crippen molar-refractivity contribution in [3.63, 3.8) is 0 Å². The molecule has 20 heavy (non-hydrogen) atoms. The fourth-order valence-corrected chi connectivity index (χ4v) is 2.76. The van der Waals surface area contributed by atoms with E-state index >= 15 is 0 Å². The van der Waals surface area contributed by atoms with Crippen molar-refractivity contribution >= 4 is 5.91 Å². The fraction of sp³-hybridized carbons (Fsp3) is 0.562. The standard InChI is InChI=1S/C16H23NO3/c1-16(2,15(19)17-9-8-13(18)11-17)10-12-6-4-5-7-14(12)20-3/h4-7,13,18H,8-11H2,1-3H3/t13-/m0/s1. The molecule has 1 saturated heterocycles. The Morgan fingerprint density at radius 2 is 2.15 bits per heavy atom. The summed E-state index contributed by atoms with van der Waals surface area (Å²) in [5.41, 5.74) is 0.534. The summed E-state index contributed by atoms with van der Waals surface area (Å²) in [6, 6.07) is 7.79. The lowest BCUT2D eigenvalue weighted by molar-refractivity contribution is -0.139. The molecule has 1 heterocycles. The van der Waals surface area contributed by atoms with Gasteiger partial charge in [-0.2, -0.15) is 0 Å². The molecule has 1 aromatic rings. The molecule has 0 aliphatic carbocycles. The molecule has 0 bridgehead atoms. The van der Waals surface area contributed by atoms with Crippen LogP contribution in [-0.4, -0.2) is 42.2 Å². The van der Waals surface area contributed by atoms with Crippen LogP contribution in [0, 0.1) is 5.41 Å². The quantitative estimate of drug-likeness (QED) is 0.914. The highest BCUT2D eigenvalue weighted by atomic mass is 16.5. The molecule has 1 fully saturated rings. The van der Waals surface area contributed by atoms with Gasteiger partial charge in [0.2, 0.25) is 5.91 Å². The van der Waals surface area contributed by atoms with Crippen LogP contribution in [0.1, 0.15) is 25.8 Å². The SMILES string of the molecule is COc1ccccc1CC(C)(C)C(=O)N1CC[C@H](O)C1. The number of rotatable bonds is 4. The van der Waals surface area contributed by atoms with Crippen molar-refractivity contribution in [1.29, 1.82) is 0 Å². The van der Waals surface area contributed by atoms with Gasteiger partial charge >= 0.3 is 0 Å². The molecule has 2 rings (SSSR count). The number of benzene rings is 1. The number of hydrogen-bond acceptors (Lipinski definition) is 3. The number of amides is 1. The van der Waals surface area contributed by atoms with Crippen LogP contribution in [-0.2, 0) is 11.2 Å². The van der Waals surface area contributed by atoms with Gasteiger partial charge in [-0.3, -0.25) is 4.79 Å². The van der Waals surface area contributed by atoms with Gasteiger partial charge in [0.1, 0.15) is 5.75 Å². The Hall–Kier alpha value is -1.55. The number of carbonyl (C=O) groups excluding carboxylic acids is 1. The van der Waals surface area contributed by atoms with Crippen LogP contribution in [0.4, 0.5) is 0 Å². The molecule has 1 atom stereocenters. The zero-order chi connectivity index (χ0) is 14.8. The number of hydrogen-bond donors (Lipinski definition) is 1. The van der Waals surface area contributed by atoms with Gasteiger partial charge in [0.05, 0.1) is 13.2 Å². The lowest BCUT2D eigenvalue weighted by atomic mass is 9.84. The summed E-state index contributed by atoms with van der Waals surface area (Å²) in [6.45, 7) is 5.00. The zero-order valence-electron chi connectivity index (χ0n) is 12.4. The highest BCUT2D eigenvalue weighted by Gasteiger charge is 2.36. The van der Waals surface area contributed by atoms with Crippen molar-refractivity contribution in [2.45, 2.75) is 32.8 Å². The molecule has 0 aromatic heterocycles. The maximum absolute atomic E-state index is 12.6. The largest absolute Gasteiger partial charge is 0.496 e. The zero-order valence-corrected chi connectivity index (χ0v) is 12.4. The molecule has 110 valence electrons. The Balaban J connectivity index is 2.12. The summed E-state index contributed by atoms with van der Waals surface area (Å²) < 4.78 is 5.35. The number of nitrogens with zero attached hydrogens (tertiary/aromatic N) is 1. The van der Waals surface area contributed by atoms with Gasteiger partial charge in [-0.1, -0.05) is 32.0 Å². The predicted molar refractivity (Wildman–Crippen MR) is 77.7 cm³/mol. The summed E-state index contributed by atoms with van der Waals surface area (Å²) in [7, 11) is 1.64. The molecule has 1 aliphatic heterocycles. The van der Waals surface area contributed by atoms with Crippen LogP contribution in [0.15, 0.2) is 24.3 Å². The molecular formula is C16H23NO3. The second kappa shape index (κ2) is 5.83. The first kappa shape index (κ1) is 14.9. The van der Waals surface area contributed by atoms with E-state index in [2.05, 4.69) is 0 Å². The maximum Gasteiger partial charge on any atom is 0.228 e. The Labute approximate surface area is 120 Å². The van der Waals surface area contributed by atoms with Gasteiger partial charge in [0.15, 0.2) is 0 Å². The van der Waals surface area contributed by atoms with Crippen LogP contribution in [0.2, 0.25) is 0 Å². The van der Waals surface area contributed by atoms with E-state index in [1.54, 1.807) is 12.0 Å². The monoisotopic (exact) mass is 277 g/mol. The average molecular weight is 277 g/mol. The topological polar surface area (TPSA) is 49.8 Å². The molecule has 0 unspecified atom stereocenters. The number of methoxy groups -OCH3 is 1. The lowest BCUT2D eigenvalue weighted by Gasteiger charge is -2.29. The summed E-state index contributed by atoms with van der Waals surface area (Å²) in [5, 5.41) is 9.57. The van der Waals surface area contributed by atoms with Crippen molar-refractivity contribution < 1.29 is 14.6 Å². The number of para-hydroxylation sites is 1. The van der Waals surface area contributed by atoms with E-state index in [1.807, 2.05) is 38.1 Å². The number of carbonyl (C=O) groups is 1. The molecular weight excluding hydrogens is 254 g/mol. The third-order valence-corrected chi connectivity index (χ3v) is 3.85. The van der Waals surface area contributed by atoms with E-state index in [0.717, 1.165) is 11.3 Å². The van der Waals surface area contributed by atoms with Gasteiger partial charge in [0, 0.05) is 18.5 Å². The first-order valence-electron chi connectivity index (χ1n) is 7.03. The molecule has 1 aliphatic rings. The summed E-state index contributed by atoms with van der Waals surface area (Å²) >= 11 is 0. The molecule has 0 spiro atoms. The van der Waals surface area contributed by atoms with E-state index in [9.17, 15) is 9.90 Å². The van der Waals surface area contributed by atoms with Gasteiger partial charge in [0.25, 0.3) is 0 Å². The minimum atomic E-state index is -0.501. The molecule has 4 nitrogen and oxygen atoms in total. The van der Waals surface area contributed by atoms with Gasteiger partial charge in [-0.05, 0) is 24.5 Å². The van der Waals surface area contributed by atoms with E-state index in [4.69, 9.17) is 4.74 Å². The minimum Gasteiger partial charge on any atom is -0.496 e. The van der Waals surface area contributed by atoms with E-state index in [0.29, 0.717) is 25.9 Å². The highest BCUT2D eigenvalue weighted by molar-refractivity contribution is 5.82. The van der Waals surface area contributed by atoms with E-state index < -0.39 is 5.41 Å². The Morgan fingerprint density at radius 3 is 2.75 bits per heavy atom. The molecule has 0 saturated carbocycles. The summed E-state index contributed by atoms with van der Waals surface area (Å²) in [5.74, 6) is 0.912. The number of aliphatic hydroxyl groups is 1. The summed E-state index contributed by atoms with van der Waals surface area (Å²) in [6.07, 6.45) is 0.930. The van der Waals surface area contributed by atoms with Gasteiger partial charge in [-0.25, -0.2) is 0 Å². The predicted octanol–water partition coefficient (Wildman–Crippen LogP) is 1.86. The van der Waals surface area contributed by atoms with Gasteiger partial charge < -0.3 is 14.7 Å². The first-order valence-corrected chi connectivity index (χ1v) is 7.03. The molecule has 1 amide bonds. The number of aliphatic hydroxyl groups excluding tert-OH is 1. The van der Waals surface area contributed by atoms with Crippen LogP contribution in [0.25, 0.3) is 0 Å².